The zero-order valence-electron chi connectivity index (χ0n) is 12.7. The fraction of sp³-hybridized carbons (Fsp3) is 0.100. The minimum Gasteiger partial charge on any atom is -0.496 e. The van der Waals surface area contributed by atoms with Crippen molar-refractivity contribution < 1.29 is 4.74 Å². The van der Waals surface area contributed by atoms with Gasteiger partial charge in [0.15, 0.2) is 0 Å². The molecular formula is C20H19NO. The summed E-state index contributed by atoms with van der Waals surface area (Å²) in [6, 6.07) is 22.7. The molecule has 0 fully saturated rings. The standard InChI is InChI=1S/C20H19NO/c1-15(21-14-19-9-5-6-10-20(19)22-2)17-12-11-16-7-3-4-8-18(16)13-17/h3-13,21H,1,14H2,2H3. The molecule has 2 nitrogen and oxygen atoms in total. The van der Waals surface area contributed by atoms with Crippen LogP contribution in [0.4, 0.5) is 0 Å². The molecular weight excluding hydrogens is 270 g/mol. The first-order chi connectivity index (χ1) is 10.8. The van der Waals surface area contributed by atoms with Gasteiger partial charge in [-0.25, -0.2) is 0 Å². The average Bonchev–Trinajstić information content (AvgIpc) is 2.59. The summed E-state index contributed by atoms with van der Waals surface area (Å²) in [6.45, 7) is 4.84. The van der Waals surface area contributed by atoms with Gasteiger partial charge in [-0.2, -0.15) is 0 Å². The van der Waals surface area contributed by atoms with Crippen molar-refractivity contribution in [3.63, 3.8) is 0 Å². The maximum Gasteiger partial charge on any atom is 0.123 e. The molecule has 0 heterocycles. The number of hydrogen-bond acceptors (Lipinski definition) is 2. The maximum atomic E-state index is 5.37. The zero-order valence-corrected chi connectivity index (χ0v) is 12.7. The molecule has 3 rings (SSSR count). The molecule has 0 aliphatic rings. The molecule has 0 amide bonds. The van der Waals surface area contributed by atoms with Gasteiger partial charge in [0, 0.05) is 17.8 Å². The van der Waals surface area contributed by atoms with E-state index in [0.29, 0.717) is 6.54 Å². The van der Waals surface area contributed by atoms with E-state index in [1.807, 2.05) is 18.2 Å². The first kappa shape index (κ1) is 14.2. The monoisotopic (exact) mass is 289 g/mol. The predicted octanol–water partition coefficient (Wildman–Crippen LogP) is 4.61. The van der Waals surface area contributed by atoms with E-state index in [-0.39, 0.29) is 0 Å². The number of benzene rings is 3. The molecule has 3 aromatic rings. The van der Waals surface area contributed by atoms with Gasteiger partial charge in [0.1, 0.15) is 5.75 Å². The second kappa shape index (κ2) is 6.35. The van der Waals surface area contributed by atoms with Crippen molar-refractivity contribution >= 4 is 16.5 Å². The number of ether oxygens (including phenoxy) is 1. The molecule has 1 N–H and O–H groups in total. The van der Waals surface area contributed by atoms with Gasteiger partial charge in [0.25, 0.3) is 0 Å². The summed E-state index contributed by atoms with van der Waals surface area (Å²) < 4.78 is 5.37. The van der Waals surface area contributed by atoms with Gasteiger partial charge in [-0.1, -0.05) is 61.2 Å². The first-order valence-electron chi connectivity index (χ1n) is 7.32. The van der Waals surface area contributed by atoms with Gasteiger partial charge < -0.3 is 10.1 Å². The molecule has 0 aromatic heterocycles. The summed E-state index contributed by atoms with van der Waals surface area (Å²) in [6.07, 6.45) is 0. The van der Waals surface area contributed by atoms with Crippen LogP contribution < -0.4 is 10.1 Å². The third-order valence-corrected chi connectivity index (χ3v) is 3.78. The molecule has 2 heteroatoms. The summed E-state index contributed by atoms with van der Waals surface area (Å²) in [4.78, 5) is 0. The highest BCUT2D eigenvalue weighted by Gasteiger charge is 2.04. The average molecular weight is 289 g/mol. The lowest BCUT2D eigenvalue weighted by Gasteiger charge is -2.13. The first-order valence-corrected chi connectivity index (χ1v) is 7.32. The Hall–Kier alpha value is -2.74. The Morgan fingerprint density at radius 1 is 0.955 bits per heavy atom. The molecule has 0 spiro atoms. The minimum absolute atomic E-state index is 0.690. The topological polar surface area (TPSA) is 21.3 Å². The number of para-hydroxylation sites is 1. The number of methoxy groups -OCH3 is 1. The highest BCUT2D eigenvalue weighted by molar-refractivity contribution is 5.85. The molecule has 110 valence electrons. The third-order valence-electron chi connectivity index (χ3n) is 3.78. The van der Waals surface area contributed by atoms with Crippen LogP contribution in [0, 0.1) is 0 Å². The van der Waals surface area contributed by atoms with Crippen LogP contribution in [0.15, 0.2) is 73.3 Å². The van der Waals surface area contributed by atoms with E-state index in [9.17, 15) is 0 Å². The van der Waals surface area contributed by atoms with Gasteiger partial charge in [-0.3, -0.25) is 0 Å². The summed E-state index contributed by atoms with van der Waals surface area (Å²) in [7, 11) is 1.69. The van der Waals surface area contributed by atoms with E-state index in [0.717, 1.165) is 22.6 Å². The van der Waals surface area contributed by atoms with Crippen molar-refractivity contribution in [1.29, 1.82) is 0 Å². The molecule has 22 heavy (non-hydrogen) atoms. The number of fused-ring (bicyclic) bond motifs is 1. The quantitative estimate of drug-likeness (QED) is 0.740. The van der Waals surface area contributed by atoms with Crippen molar-refractivity contribution in [3.05, 3.63) is 84.4 Å². The van der Waals surface area contributed by atoms with Crippen LogP contribution >= 0.6 is 0 Å². The Morgan fingerprint density at radius 2 is 1.68 bits per heavy atom. The van der Waals surface area contributed by atoms with Crippen LogP contribution in [0.1, 0.15) is 11.1 Å². The van der Waals surface area contributed by atoms with Gasteiger partial charge in [-0.05, 0) is 28.5 Å². The summed E-state index contributed by atoms with van der Waals surface area (Å²) in [5.41, 5.74) is 3.14. The molecule has 0 atom stereocenters. The lowest BCUT2D eigenvalue weighted by molar-refractivity contribution is 0.409. The van der Waals surface area contributed by atoms with Crippen molar-refractivity contribution in [2.24, 2.45) is 0 Å². The summed E-state index contributed by atoms with van der Waals surface area (Å²) in [5.74, 6) is 0.890. The number of rotatable bonds is 5. The van der Waals surface area contributed by atoms with Gasteiger partial charge in [0.05, 0.1) is 7.11 Å². The lowest BCUT2D eigenvalue weighted by atomic mass is 10.1. The Morgan fingerprint density at radius 3 is 2.50 bits per heavy atom. The second-order valence-corrected chi connectivity index (χ2v) is 5.21. The maximum absolute atomic E-state index is 5.37. The van der Waals surface area contributed by atoms with E-state index in [1.54, 1.807) is 7.11 Å². The number of nitrogens with one attached hydrogen (secondary N) is 1. The van der Waals surface area contributed by atoms with Crippen molar-refractivity contribution in [2.45, 2.75) is 6.54 Å². The Bertz CT molecular complexity index is 807. The largest absolute Gasteiger partial charge is 0.496 e. The molecule has 0 radical (unpaired) electrons. The molecule has 0 aliphatic carbocycles. The fourth-order valence-electron chi connectivity index (χ4n) is 2.53. The minimum atomic E-state index is 0.690. The van der Waals surface area contributed by atoms with Gasteiger partial charge in [0.2, 0.25) is 0 Å². The molecule has 3 aromatic carbocycles. The normalized spacial score (nSPS) is 10.4. The Labute approximate surface area is 131 Å². The van der Waals surface area contributed by atoms with Crippen molar-refractivity contribution in [1.82, 2.24) is 5.32 Å². The van der Waals surface area contributed by atoms with Crippen molar-refractivity contribution in [2.75, 3.05) is 7.11 Å². The van der Waals surface area contributed by atoms with Crippen LogP contribution in [-0.2, 0) is 6.54 Å². The highest BCUT2D eigenvalue weighted by Crippen LogP contribution is 2.21. The van der Waals surface area contributed by atoms with Crippen LogP contribution in [0.2, 0.25) is 0 Å². The molecule has 0 unspecified atom stereocenters. The smallest absolute Gasteiger partial charge is 0.123 e. The van der Waals surface area contributed by atoms with Crippen LogP contribution in [0.3, 0.4) is 0 Å². The predicted molar refractivity (Wildman–Crippen MR) is 92.8 cm³/mol. The van der Waals surface area contributed by atoms with E-state index >= 15 is 0 Å². The van der Waals surface area contributed by atoms with E-state index in [2.05, 4.69) is 60.4 Å². The fourth-order valence-corrected chi connectivity index (χ4v) is 2.53. The summed E-state index contributed by atoms with van der Waals surface area (Å²) in [5, 5.41) is 5.84. The van der Waals surface area contributed by atoms with E-state index in [1.165, 1.54) is 10.8 Å². The van der Waals surface area contributed by atoms with Crippen molar-refractivity contribution in [3.8, 4) is 5.75 Å². The molecule has 0 saturated heterocycles. The molecule has 0 saturated carbocycles. The Kier molecular flexibility index (Phi) is 4.10. The van der Waals surface area contributed by atoms with Crippen LogP contribution in [0.25, 0.3) is 16.5 Å². The molecule has 0 aliphatic heterocycles. The highest BCUT2D eigenvalue weighted by atomic mass is 16.5. The third kappa shape index (κ3) is 2.96. The Balaban J connectivity index is 1.75. The van der Waals surface area contributed by atoms with Crippen LogP contribution in [-0.4, -0.2) is 7.11 Å². The van der Waals surface area contributed by atoms with Crippen LogP contribution in [0.5, 0.6) is 5.75 Å². The SMILES string of the molecule is C=C(NCc1ccccc1OC)c1ccc2ccccc2c1. The zero-order chi connectivity index (χ0) is 15.4. The van der Waals surface area contributed by atoms with Gasteiger partial charge in [-0.15, -0.1) is 0 Å². The summed E-state index contributed by atoms with van der Waals surface area (Å²) >= 11 is 0. The molecule has 0 bridgehead atoms. The number of hydrogen-bond donors (Lipinski definition) is 1. The second-order valence-electron chi connectivity index (χ2n) is 5.21. The van der Waals surface area contributed by atoms with Gasteiger partial charge >= 0.3 is 0 Å². The van der Waals surface area contributed by atoms with E-state index in [4.69, 9.17) is 4.74 Å². The lowest BCUT2D eigenvalue weighted by Crippen LogP contribution is -2.11. The van der Waals surface area contributed by atoms with E-state index < -0.39 is 0 Å².